The number of anilines is 1. The Morgan fingerprint density at radius 3 is 2.68 bits per heavy atom. The molecule has 0 aliphatic heterocycles. The summed E-state index contributed by atoms with van der Waals surface area (Å²) in [5.74, 6) is 1.42. The third kappa shape index (κ3) is 3.60. The number of nitrogens with zero attached hydrogens (tertiary/aromatic N) is 3. The molecule has 28 heavy (non-hydrogen) atoms. The van der Waals surface area contributed by atoms with Gasteiger partial charge in [-0.1, -0.05) is 32.5 Å². The van der Waals surface area contributed by atoms with Crippen molar-refractivity contribution in [2.75, 3.05) is 18.1 Å². The predicted octanol–water partition coefficient (Wildman–Crippen LogP) is 4.83. The molecule has 3 heterocycles. The minimum atomic E-state index is -0.378. The summed E-state index contributed by atoms with van der Waals surface area (Å²) in [4.78, 5) is 15.8. The smallest absolute Gasteiger partial charge is 0.189 e. The van der Waals surface area contributed by atoms with E-state index in [0.717, 1.165) is 51.7 Å². The molecule has 5 nitrogen and oxygen atoms in total. The number of rotatable bonds is 7. The van der Waals surface area contributed by atoms with E-state index in [1.807, 2.05) is 13.2 Å². The highest BCUT2D eigenvalue weighted by molar-refractivity contribution is 7.98. The Morgan fingerprint density at radius 2 is 1.96 bits per heavy atom. The summed E-state index contributed by atoms with van der Waals surface area (Å²) in [6.45, 7) is 7.00. The monoisotopic (exact) mass is 416 g/mol. The Labute approximate surface area is 174 Å². The van der Waals surface area contributed by atoms with Crippen LogP contribution in [0.25, 0.3) is 20.4 Å². The summed E-state index contributed by atoms with van der Waals surface area (Å²) < 4.78 is 1.06. The van der Waals surface area contributed by atoms with Gasteiger partial charge in [-0.3, -0.25) is 0 Å². The Hall–Kier alpha value is -1.44. The number of hydrogen-bond acceptors (Lipinski definition) is 7. The van der Waals surface area contributed by atoms with Gasteiger partial charge in [-0.05, 0) is 55.4 Å². The molecule has 3 aromatic heterocycles. The second-order valence-electron chi connectivity index (χ2n) is 7.93. The van der Waals surface area contributed by atoms with Gasteiger partial charge >= 0.3 is 0 Å². The van der Waals surface area contributed by atoms with E-state index in [4.69, 9.17) is 15.0 Å². The quantitative estimate of drug-likeness (QED) is 0.424. The van der Waals surface area contributed by atoms with E-state index in [-0.39, 0.29) is 6.10 Å². The summed E-state index contributed by atoms with van der Waals surface area (Å²) in [5, 5.41) is 15.3. The lowest BCUT2D eigenvalue weighted by Crippen LogP contribution is -2.19. The molecule has 0 amide bonds. The lowest BCUT2D eigenvalue weighted by atomic mass is 9.99. The fraction of sp³-hybridized carbons (Fsp3) is 0.571. The second kappa shape index (κ2) is 8.13. The molecule has 0 spiro atoms. The van der Waals surface area contributed by atoms with Gasteiger partial charge in [0.15, 0.2) is 5.16 Å². The largest absolute Gasteiger partial charge is 0.391 e. The lowest BCUT2D eigenvalue weighted by molar-refractivity contribution is 0.183. The van der Waals surface area contributed by atoms with E-state index in [2.05, 4.69) is 19.2 Å². The molecule has 0 unspecified atom stereocenters. The van der Waals surface area contributed by atoms with Gasteiger partial charge in [-0.2, -0.15) is 0 Å². The maximum Gasteiger partial charge on any atom is 0.189 e. The number of hydrogen-bond donors (Lipinski definition) is 2. The van der Waals surface area contributed by atoms with E-state index in [0.29, 0.717) is 12.5 Å². The van der Waals surface area contributed by atoms with E-state index in [1.165, 1.54) is 28.6 Å². The van der Waals surface area contributed by atoms with Gasteiger partial charge in [0.25, 0.3) is 0 Å². The summed E-state index contributed by atoms with van der Waals surface area (Å²) >= 11 is 3.24. The first-order valence-electron chi connectivity index (χ1n) is 10.1. The highest BCUT2D eigenvalue weighted by Crippen LogP contribution is 2.42. The third-order valence-electron chi connectivity index (χ3n) is 5.36. The maximum atomic E-state index is 9.98. The molecule has 7 heteroatoms. The normalized spacial score (nSPS) is 14.9. The molecule has 0 bridgehead atoms. The minimum absolute atomic E-state index is 0.378. The molecule has 0 saturated heterocycles. The number of nitrogens with one attached hydrogen (secondary N) is 1. The Morgan fingerprint density at radius 1 is 1.18 bits per heavy atom. The van der Waals surface area contributed by atoms with E-state index in [9.17, 15) is 5.11 Å². The fourth-order valence-corrected chi connectivity index (χ4v) is 5.44. The molecule has 150 valence electrons. The molecule has 3 aromatic rings. The molecule has 2 N–H and O–H groups in total. The van der Waals surface area contributed by atoms with Crippen LogP contribution in [0, 0.1) is 5.92 Å². The summed E-state index contributed by atoms with van der Waals surface area (Å²) in [7, 11) is 0. The maximum absolute atomic E-state index is 9.98. The topological polar surface area (TPSA) is 70.9 Å². The van der Waals surface area contributed by atoms with Crippen molar-refractivity contribution in [3.05, 3.63) is 16.8 Å². The van der Waals surface area contributed by atoms with Crippen molar-refractivity contribution in [1.29, 1.82) is 0 Å². The lowest BCUT2D eigenvalue weighted by Gasteiger charge is -2.12. The number of aromatic nitrogens is 3. The number of thiophene rings is 1. The van der Waals surface area contributed by atoms with Crippen molar-refractivity contribution in [2.45, 2.75) is 64.1 Å². The highest BCUT2D eigenvalue weighted by atomic mass is 32.2. The van der Waals surface area contributed by atoms with Crippen molar-refractivity contribution in [3.8, 4) is 0 Å². The average molecular weight is 417 g/mol. The standard InChI is InChI=1S/C21H28N4OS2/c1-5-12(26)10-22-19-18-17(24-21(25-19)27-4)16-14-8-6-7-13(14)15(9-11(2)3)23-20(16)28-18/h11-12,26H,5-10H2,1-4H3,(H,22,24,25)/t12-/m1/s1. The Kier molecular flexibility index (Phi) is 5.76. The van der Waals surface area contributed by atoms with E-state index < -0.39 is 0 Å². The van der Waals surface area contributed by atoms with Crippen molar-refractivity contribution in [1.82, 2.24) is 15.0 Å². The predicted molar refractivity (Wildman–Crippen MR) is 120 cm³/mol. The zero-order valence-electron chi connectivity index (χ0n) is 17.0. The summed E-state index contributed by atoms with van der Waals surface area (Å²) in [6.07, 6.45) is 6.82. The molecular formula is C21H28N4OS2. The zero-order chi connectivity index (χ0) is 19.8. The number of aliphatic hydroxyl groups excluding tert-OH is 1. The van der Waals surface area contributed by atoms with Crippen LogP contribution in [-0.4, -0.2) is 39.0 Å². The molecular weight excluding hydrogens is 388 g/mol. The van der Waals surface area contributed by atoms with Crippen LogP contribution in [0.2, 0.25) is 0 Å². The van der Waals surface area contributed by atoms with Gasteiger partial charge in [0, 0.05) is 17.6 Å². The first-order valence-corrected chi connectivity index (χ1v) is 12.2. The van der Waals surface area contributed by atoms with Crippen molar-refractivity contribution in [3.63, 3.8) is 0 Å². The number of aliphatic hydroxyl groups is 1. The van der Waals surface area contributed by atoms with Crippen LogP contribution in [0.5, 0.6) is 0 Å². The second-order valence-corrected chi connectivity index (χ2v) is 9.70. The highest BCUT2D eigenvalue weighted by Gasteiger charge is 2.25. The number of pyridine rings is 1. The van der Waals surface area contributed by atoms with Crippen LogP contribution < -0.4 is 5.32 Å². The molecule has 1 aliphatic rings. The van der Waals surface area contributed by atoms with Crippen LogP contribution in [-0.2, 0) is 19.3 Å². The van der Waals surface area contributed by atoms with Crippen LogP contribution in [0.4, 0.5) is 5.82 Å². The Balaban J connectivity index is 1.92. The van der Waals surface area contributed by atoms with Gasteiger partial charge in [0.2, 0.25) is 0 Å². The summed E-state index contributed by atoms with van der Waals surface area (Å²) in [5.41, 5.74) is 5.21. The molecule has 1 aliphatic carbocycles. The average Bonchev–Trinajstić information content (AvgIpc) is 3.29. The number of aryl methyl sites for hydroxylation is 1. The molecule has 4 rings (SSSR count). The first-order chi connectivity index (χ1) is 13.5. The number of thioether (sulfide) groups is 1. The van der Waals surface area contributed by atoms with Gasteiger partial charge < -0.3 is 10.4 Å². The first kappa shape index (κ1) is 19.9. The van der Waals surface area contributed by atoms with Gasteiger partial charge in [-0.15, -0.1) is 11.3 Å². The Bertz CT molecular complexity index is 1010. The zero-order valence-corrected chi connectivity index (χ0v) is 18.6. The third-order valence-corrected chi connectivity index (χ3v) is 6.99. The van der Waals surface area contributed by atoms with Crippen LogP contribution in [0.3, 0.4) is 0 Å². The van der Waals surface area contributed by atoms with Gasteiger partial charge in [0.1, 0.15) is 10.6 Å². The van der Waals surface area contributed by atoms with Crippen LogP contribution in [0.15, 0.2) is 5.16 Å². The fourth-order valence-electron chi connectivity index (χ4n) is 3.95. The number of fused-ring (bicyclic) bond motifs is 5. The van der Waals surface area contributed by atoms with Crippen molar-refractivity contribution < 1.29 is 5.11 Å². The molecule has 0 saturated carbocycles. The van der Waals surface area contributed by atoms with Gasteiger partial charge in [0.05, 0.1) is 16.3 Å². The molecule has 0 fully saturated rings. The minimum Gasteiger partial charge on any atom is -0.391 e. The van der Waals surface area contributed by atoms with Crippen LogP contribution in [0.1, 0.15) is 50.4 Å². The molecule has 1 atom stereocenters. The van der Waals surface area contributed by atoms with Gasteiger partial charge in [-0.25, -0.2) is 15.0 Å². The van der Waals surface area contributed by atoms with Crippen molar-refractivity contribution >= 4 is 49.3 Å². The summed E-state index contributed by atoms with van der Waals surface area (Å²) in [6, 6.07) is 0. The van der Waals surface area contributed by atoms with E-state index in [1.54, 1.807) is 23.1 Å². The molecule has 0 aromatic carbocycles. The van der Waals surface area contributed by atoms with Crippen molar-refractivity contribution in [2.24, 2.45) is 5.92 Å². The molecule has 0 radical (unpaired) electrons. The van der Waals surface area contributed by atoms with Crippen LogP contribution >= 0.6 is 23.1 Å². The van der Waals surface area contributed by atoms with E-state index >= 15 is 0 Å². The SMILES string of the molecule is CC[C@@H](O)CNc1nc(SC)nc2c1sc1nc(CC(C)C)c3c(c12)CCC3.